The Hall–Kier alpha value is -1.41. The quantitative estimate of drug-likeness (QED) is 0.433. The lowest BCUT2D eigenvalue weighted by Gasteiger charge is -2.11. The van der Waals surface area contributed by atoms with Gasteiger partial charge in [0.2, 0.25) is 0 Å². The number of aliphatic hydroxyl groups excluding tert-OH is 3. The molecule has 0 fully saturated rings. The van der Waals surface area contributed by atoms with Gasteiger partial charge in [-0.3, -0.25) is 4.79 Å². The first-order chi connectivity index (χ1) is 8.08. The average Bonchev–Trinajstić information content (AvgIpc) is 2.37. The van der Waals surface area contributed by atoms with Gasteiger partial charge in [0.25, 0.3) is 0 Å². The summed E-state index contributed by atoms with van der Waals surface area (Å²) >= 11 is 0. The maximum absolute atomic E-state index is 11.0. The van der Waals surface area contributed by atoms with Gasteiger partial charge in [-0.1, -0.05) is 24.3 Å². The van der Waals surface area contributed by atoms with Crippen LogP contribution in [0, 0.1) is 0 Å². The van der Waals surface area contributed by atoms with E-state index in [2.05, 4.69) is 4.65 Å². The van der Waals surface area contributed by atoms with Crippen LogP contribution in [0.25, 0.3) is 0 Å². The lowest BCUT2D eigenvalue weighted by molar-refractivity contribution is -0.146. The maximum Gasteiger partial charge on any atom is 0.562 e. The van der Waals surface area contributed by atoms with Gasteiger partial charge < -0.3 is 25.0 Å². The van der Waals surface area contributed by atoms with Gasteiger partial charge >= 0.3 is 13.1 Å². The molecular formula is C10H13BO6. The summed E-state index contributed by atoms with van der Waals surface area (Å²) in [7, 11) is -1.52. The number of carbonyl (C=O) groups is 1. The van der Waals surface area contributed by atoms with Crippen LogP contribution >= 0.6 is 0 Å². The van der Waals surface area contributed by atoms with Crippen LogP contribution in [0.2, 0.25) is 0 Å². The van der Waals surface area contributed by atoms with E-state index in [0.29, 0.717) is 11.0 Å². The molecule has 0 spiro atoms. The Labute approximate surface area is 98.2 Å². The van der Waals surface area contributed by atoms with Crippen LogP contribution in [-0.2, 0) is 16.1 Å². The molecule has 0 aliphatic rings. The monoisotopic (exact) mass is 240 g/mol. The minimum Gasteiger partial charge on any atom is -0.504 e. The second-order valence-electron chi connectivity index (χ2n) is 3.39. The molecule has 0 saturated heterocycles. The molecule has 17 heavy (non-hydrogen) atoms. The standard InChI is InChI=1S/C10H13BO6/c12-5-7-1-3-8(4-2-7)11(16)17-10(15)9(14)6-13/h1-4,9,12-14,16H,5-6H2. The van der Waals surface area contributed by atoms with E-state index in [0.717, 1.165) is 0 Å². The van der Waals surface area contributed by atoms with Gasteiger partial charge in [-0.25, -0.2) is 0 Å². The molecule has 6 nitrogen and oxygen atoms in total. The smallest absolute Gasteiger partial charge is 0.504 e. The first kappa shape index (κ1) is 13.7. The third-order valence-corrected chi connectivity index (χ3v) is 2.12. The van der Waals surface area contributed by atoms with Gasteiger partial charge in [0.1, 0.15) is 0 Å². The molecule has 1 rings (SSSR count). The van der Waals surface area contributed by atoms with E-state index in [1.54, 1.807) is 12.1 Å². The van der Waals surface area contributed by atoms with Gasteiger partial charge in [0.15, 0.2) is 6.10 Å². The van der Waals surface area contributed by atoms with E-state index < -0.39 is 25.8 Å². The van der Waals surface area contributed by atoms with E-state index in [1.165, 1.54) is 12.1 Å². The lowest BCUT2D eigenvalue weighted by atomic mass is 9.79. The summed E-state index contributed by atoms with van der Waals surface area (Å²) in [6, 6.07) is 6.09. The molecule has 0 bridgehead atoms. The van der Waals surface area contributed by atoms with Gasteiger partial charge in [-0.15, -0.1) is 0 Å². The zero-order valence-electron chi connectivity index (χ0n) is 8.98. The molecule has 0 aliphatic heterocycles. The third-order valence-electron chi connectivity index (χ3n) is 2.12. The Morgan fingerprint density at radius 1 is 1.29 bits per heavy atom. The van der Waals surface area contributed by atoms with Crippen LogP contribution in [0.5, 0.6) is 0 Å². The molecule has 0 radical (unpaired) electrons. The number of aliphatic hydroxyl groups is 3. The molecular weight excluding hydrogens is 227 g/mol. The minimum absolute atomic E-state index is 0.126. The molecule has 1 aromatic carbocycles. The highest BCUT2D eigenvalue weighted by Crippen LogP contribution is 1.98. The highest BCUT2D eigenvalue weighted by Gasteiger charge is 2.25. The van der Waals surface area contributed by atoms with Crippen LogP contribution in [0.15, 0.2) is 24.3 Å². The Kier molecular flexibility index (Phi) is 5.11. The number of benzene rings is 1. The fourth-order valence-corrected chi connectivity index (χ4v) is 1.12. The molecule has 0 saturated carbocycles. The van der Waals surface area contributed by atoms with Crippen molar-refractivity contribution in [1.29, 1.82) is 0 Å². The number of hydrogen-bond acceptors (Lipinski definition) is 6. The summed E-state index contributed by atoms with van der Waals surface area (Å²) in [6.45, 7) is -0.894. The molecule has 0 aliphatic carbocycles. The normalized spacial score (nSPS) is 12.0. The minimum atomic E-state index is -1.67. The first-order valence-electron chi connectivity index (χ1n) is 4.95. The van der Waals surface area contributed by atoms with E-state index in [9.17, 15) is 9.82 Å². The van der Waals surface area contributed by atoms with Crippen LogP contribution < -0.4 is 5.46 Å². The van der Waals surface area contributed by atoms with Crippen molar-refractivity contribution < 1.29 is 29.8 Å². The number of rotatable bonds is 5. The summed E-state index contributed by atoms with van der Waals surface area (Å²) in [4.78, 5) is 11.0. The van der Waals surface area contributed by atoms with Crippen molar-refractivity contribution in [2.75, 3.05) is 6.61 Å². The zero-order chi connectivity index (χ0) is 12.8. The second kappa shape index (κ2) is 6.36. The lowest BCUT2D eigenvalue weighted by Crippen LogP contribution is -2.40. The highest BCUT2D eigenvalue weighted by molar-refractivity contribution is 6.61. The molecule has 92 valence electrons. The molecule has 0 heterocycles. The van der Waals surface area contributed by atoms with Crippen molar-refractivity contribution in [3.8, 4) is 0 Å². The summed E-state index contributed by atoms with van der Waals surface area (Å²) in [5.74, 6) is -1.11. The van der Waals surface area contributed by atoms with Gasteiger partial charge in [0, 0.05) is 0 Å². The van der Waals surface area contributed by atoms with Crippen molar-refractivity contribution in [3.63, 3.8) is 0 Å². The summed E-state index contributed by atoms with van der Waals surface area (Å²) in [5, 5.41) is 35.7. The SMILES string of the molecule is O=C(OB(O)c1ccc(CO)cc1)C(O)CO. The van der Waals surface area contributed by atoms with E-state index in [4.69, 9.17) is 15.3 Å². The zero-order valence-corrected chi connectivity index (χ0v) is 8.98. The molecule has 1 unspecified atom stereocenters. The predicted octanol–water partition coefficient (Wildman–Crippen LogP) is -2.24. The molecule has 1 atom stereocenters. The maximum atomic E-state index is 11.0. The molecule has 0 amide bonds. The molecule has 7 heteroatoms. The van der Waals surface area contributed by atoms with Crippen LogP contribution in [0.4, 0.5) is 0 Å². The van der Waals surface area contributed by atoms with E-state index in [1.807, 2.05) is 0 Å². The average molecular weight is 240 g/mol. The van der Waals surface area contributed by atoms with Crippen molar-refractivity contribution in [3.05, 3.63) is 29.8 Å². The Bertz CT molecular complexity index is 366. The van der Waals surface area contributed by atoms with Crippen molar-refractivity contribution >= 4 is 18.6 Å². The van der Waals surface area contributed by atoms with E-state index >= 15 is 0 Å². The summed E-state index contributed by atoms with van der Waals surface area (Å²) in [6.07, 6.45) is -1.67. The topological polar surface area (TPSA) is 107 Å². The Morgan fingerprint density at radius 2 is 1.88 bits per heavy atom. The summed E-state index contributed by atoms with van der Waals surface area (Å²) in [5.41, 5.74) is 0.961. The van der Waals surface area contributed by atoms with Gasteiger partial charge in [-0.05, 0) is 11.0 Å². The molecule has 0 aromatic heterocycles. The third kappa shape index (κ3) is 3.83. The Morgan fingerprint density at radius 3 is 2.35 bits per heavy atom. The molecule has 1 aromatic rings. The van der Waals surface area contributed by atoms with Crippen molar-refractivity contribution in [1.82, 2.24) is 0 Å². The predicted molar refractivity (Wildman–Crippen MR) is 59.2 cm³/mol. The Balaban J connectivity index is 2.63. The van der Waals surface area contributed by atoms with Crippen LogP contribution in [0.1, 0.15) is 5.56 Å². The first-order valence-corrected chi connectivity index (χ1v) is 4.95. The van der Waals surface area contributed by atoms with Crippen LogP contribution in [0.3, 0.4) is 0 Å². The number of carbonyl (C=O) groups excluding carboxylic acids is 1. The van der Waals surface area contributed by atoms with Crippen molar-refractivity contribution in [2.45, 2.75) is 12.7 Å². The van der Waals surface area contributed by atoms with E-state index in [-0.39, 0.29) is 6.61 Å². The van der Waals surface area contributed by atoms with Gasteiger partial charge in [-0.2, -0.15) is 0 Å². The highest BCUT2D eigenvalue weighted by atomic mass is 16.6. The fourth-order valence-electron chi connectivity index (χ4n) is 1.12. The summed E-state index contributed by atoms with van der Waals surface area (Å²) < 4.78 is 4.51. The van der Waals surface area contributed by atoms with Crippen LogP contribution in [-0.4, -0.2) is 46.1 Å². The largest absolute Gasteiger partial charge is 0.562 e. The molecule has 4 N–H and O–H groups in total. The van der Waals surface area contributed by atoms with Crippen molar-refractivity contribution in [2.24, 2.45) is 0 Å². The fraction of sp³-hybridized carbons (Fsp3) is 0.300. The van der Waals surface area contributed by atoms with Gasteiger partial charge in [0.05, 0.1) is 13.2 Å². The second-order valence-corrected chi connectivity index (χ2v) is 3.39. The number of hydrogen-bond donors (Lipinski definition) is 4.